The number of hydrogen-bond donors (Lipinski definition) is 1. The summed E-state index contributed by atoms with van der Waals surface area (Å²) in [7, 11) is 0. The van der Waals surface area contributed by atoms with Gasteiger partial charge in [0.25, 0.3) is 0 Å². The molecule has 0 aromatic rings. The SMILES string of the molecule is CCCC(C)CC(NCC)C1CC2CC2C1. The molecule has 1 heteroatoms. The highest BCUT2D eigenvalue weighted by atomic mass is 14.9. The van der Waals surface area contributed by atoms with Crippen LogP contribution in [0.15, 0.2) is 0 Å². The van der Waals surface area contributed by atoms with Crippen molar-refractivity contribution in [2.45, 2.75) is 65.3 Å². The van der Waals surface area contributed by atoms with Crippen molar-refractivity contribution in [1.29, 1.82) is 0 Å². The predicted molar refractivity (Wildman–Crippen MR) is 70.5 cm³/mol. The van der Waals surface area contributed by atoms with Crippen LogP contribution in [0.2, 0.25) is 0 Å². The molecule has 0 radical (unpaired) electrons. The first-order valence-corrected chi connectivity index (χ1v) is 7.47. The van der Waals surface area contributed by atoms with Gasteiger partial charge in [-0.2, -0.15) is 0 Å². The molecule has 4 unspecified atom stereocenters. The van der Waals surface area contributed by atoms with E-state index in [1.165, 1.54) is 32.1 Å². The topological polar surface area (TPSA) is 12.0 Å². The molecule has 0 aromatic heterocycles. The Labute approximate surface area is 101 Å². The van der Waals surface area contributed by atoms with Gasteiger partial charge in [0.05, 0.1) is 0 Å². The van der Waals surface area contributed by atoms with Crippen LogP contribution >= 0.6 is 0 Å². The van der Waals surface area contributed by atoms with Crippen LogP contribution in [-0.4, -0.2) is 12.6 Å². The summed E-state index contributed by atoms with van der Waals surface area (Å²) in [5.41, 5.74) is 0. The van der Waals surface area contributed by atoms with E-state index in [0.29, 0.717) is 0 Å². The van der Waals surface area contributed by atoms with E-state index < -0.39 is 0 Å². The van der Waals surface area contributed by atoms with Gasteiger partial charge in [0.2, 0.25) is 0 Å². The van der Waals surface area contributed by atoms with E-state index in [2.05, 4.69) is 26.1 Å². The summed E-state index contributed by atoms with van der Waals surface area (Å²) in [6.07, 6.45) is 8.77. The Kier molecular flexibility index (Phi) is 4.29. The minimum Gasteiger partial charge on any atom is -0.314 e. The van der Waals surface area contributed by atoms with Crippen molar-refractivity contribution >= 4 is 0 Å². The summed E-state index contributed by atoms with van der Waals surface area (Å²) in [4.78, 5) is 0. The molecule has 0 aromatic carbocycles. The van der Waals surface area contributed by atoms with E-state index in [-0.39, 0.29) is 0 Å². The summed E-state index contributed by atoms with van der Waals surface area (Å²) in [5.74, 6) is 4.18. The van der Waals surface area contributed by atoms with Crippen LogP contribution in [0, 0.1) is 23.7 Å². The van der Waals surface area contributed by atoms with Gasteiger partial charge in [-0.05, 0) is 55.9 Å². The Bertz CT molecular complexity index is 203. The van der Waals surface area contributed by atoms with Crippen molar-refractivity contribution in [3.05, 3.63) is 0 Å². The van der Waals surface area contributed by atoms with Crippen LogP contribution in [0.3, 0.4) is 0 Å². The number of hydrogen-bond acceptors (Lipinski definition) is 1. The van der Waals surface area contributed by atoms with Gasteiger partial charge in [0.1, 0.15) is 0 Å². The molecule has 1 nitrogen and oxygen atoms in total. The van der Waals surface area contributed by atoms with E-state index in [9.17, 15) is 0 Å². The molecule has 0 amide bonds. The van der Waals surface area contributed by atoms with Crippen molar-refractivity contribution < 1.29 is 0 Å². The zero-order valence-corrected chi connectivity index (χ0v) is 11.3. The van der Waals surface area contributed by atoms with E-state index in [4.69, 9.17) is 0 Å². The molecule has 2 rings (SSSR count). The van der Waals surface area contributed by atoms with Gasteiger partial charge in [0.15, 0.2) is 0 Å². The summed E-state index contributed by atoms with van der Waals surface area (Å²) in [6.45, 7) is 8.15. The van der Waals surface area contributed by atoms with E-state index in [0.717, 1.165) is 36.3 Å². The fourth-order valence-electron chi connectivity index (χ4n) is 3.84. The molecule has 2 aliphatic rings. The number of nitrogens with one attached hydrogen (secondary N) is 1. The average Bonchev–Trinajstić information content (AvgIpc) is 2.86. The molecule has 1 N–H and O–H groups in total. The molecule has 0 bridgehead atoms. The molecule has 94 valence electrons. The highest BCUT2D eigenvalue weighted by Crippen LogP contribution is 2.55. The first-order chi connectivity index (χ1) is 7.74. The minimum absolute atomic E-state index is 0.819. The Balaban J connectivity index is 1.79. The second-order valence-corrected chi connectivity index (χ2v) is 6.28. The van der Waals surface area contributed by atoms with Gasteiger partial charge in [-0.25, -0.2) is 0 Å². The molecule has 2 fully saturated rings. The van der Waals surface area contributed by atoms with Gasteiger partial charge in [-0.3, -0.25) is 0 Å². The second-order valence-electron chi connectivity index (χ2n) is 6.28. The van der Waals surface area contributed by atoms with Crippen molar-refractivity contribution in [2.24, 2.45) is 23.7 Å². The maximum atomic E-state index is 3.75. The third-order valence-electron chi connectivity index (χ3n) is 4.75. The van der Waals surface area contributed by atoms with Crippen molar-refractivity contribution in [2.75, 3.05) is 6.54 Å². The monoisotopic (exact) mass is 223 g/mol. The van der Waals surface area contributed by atoms with Crippen LogP contribution in [0.4, 0.5) is 0 Å². The third kappa shape index (κ3) is 3.00. The standard InChI is InChI=1S/C15H29N/c1-4-6-11(3)7-15(16-5-2)14-9-12-8-13(12)10-14/h11-16H,4-10H2,1-3H3. The van der Waals surface area contributed by atoms with Crippen LogP contribution in [0.5, 0.6) is 0 Å². The molecule has 2 aliphatic carbocycles. The molecule has 0 heterocycles. The average molecular weight is 223 g/mol. The molecule has 16 heavy (non-hydrogen) atoms. The van der Waals surface area contributed by atoms with Crippen molar-refractivity contribution in [3.63, 3.8) is 0 Å². The second kappa shape index (κ2) is 5.53. The fraction of sp³-hybridized carbons (Fsp3) is 1.00. The first-order valence-electron chi connectivity index (χ1n) is 7.47. The van der Waals surface area contributed by atoms with Gasteiger partial charge >= 0.3 is 0 Å². The quantitative estimate of drug-likeness (QED) is 0.691. The van der Waals surface area contributed by atoms with Gasteiger partial charge < -0.3 is 5.32 Å². The lowest BCUT2D eigenvalue weighted by atomic mass is 9.86. The Hall–Kier alpha value is -0.0400. The lowest BCUT2D eigenvalue weighted by Crippen LogP contribution is -2.37. The maximum absolute atomic E-state index is 3.75. The molecular weight excluding hydrogens is 194 g/mol. The van der Waals surface area contributed by atoms with Gasteiger partial charge in [0, 0.05) is 6.04 Å². The first kappa shape index (κ1) is 12.4. The molecule has 0 saturated heterocycles. The summed E-state index contributed by atoms with van der Waals surface area (Å²) < 4.78 is 0. The number of fused-ring (bicyclic) bond motifs is 1. The summed E-state index contributed by atoms with van der Waals surface area (Å²) >= 11 is 0. The summed E-state index contributed by atoms with van der Waals surface area (Å²) in [6, 6.07) is 0.819. The van der Waals surface area contributed by atoms with Gasteiger partial charge in [-0.15, -0.1) is 0 Å². The van der Waals surface area contributed by atoms with Crippen LogP contribution < -0.4 is 5.32 Å². The smallest absolute Gasteiger partial charge is 0.00979 e. The fourth-order valence-corrected chi connectivity index (χ4v) is 3.84. The van der Waals surface area contributed by atoms with Crippen LogP contribution in [0.25, 0.3) is 0 Å². The molecular formula is C15H29N. The van der Waals surface area contributed by atoms with Crippen LogP contribution in [0.1, 0.15) is 59.3 Å². The minimum atomic E-state index is 0.819. The molecule has 4 atom stereocenters. The van der Waals surface area contributed by atoms with Crippen LogP contribution in [-0.2, 0) is 0 Å². The van der Waals surface area contributed by atoms with E-state index in [1.807, 2.05) is 0 Å². The third-order valence-corrected chi connectivity index (χ3v) is 4.75. The van der Waals surface area contributed by atoms with E-state index in [1.54, 1.807) is 6.42 Å². The highest BCUT2D eigenvalue weighted by Gasteiger charge is 2.47. The lowest BCUT2D eigenvalue weighted by molar-refractivity contribution is 0.282. The van der Waals surface area contributed by atoms with Crippen molar-refractivity contribution in [1.82, 2.24) is 5.32 Å². The largest absolute Gasteiger partial charge is 0.314 e. The normalized spacial score (nSPS) is 35.8. The predicted octanol–water partition coefficient (Wildman–Crippen LogP) is 3.84. The Morgan fingerprint density at radius 3 is 2.38 bits per heavy atom. The lowest BCUT2D eigenvalue weighted by Gasteiger charge is -2.28. The molecule has 0 aliphatic heterocycles. The Morgan fingerprint density at radius 2 is 1.81 bits per heavy atom. The molecule has 2 saturated carbocycles. The zero-order valence-electron chi connectivity index (χ0n) is 11.3. The van der Waals surface area contributed by atoms with E-state index >= 15 is 0 Å². The summed E-state index contributed by atoms with van der Waals surface area (Å²) in [5, 5.41) is 3.75. The van der Waals surface area contributed by atoms with Gasteiger partial charge in [-0.1, -0.05) is 33.6 Å². The Morgan fingerprint density at radius 1 is 1.12 bits per heavy atom. The van der Waals surface area contributed by atoms with Crippen molar-refractivity contribution in [3.8, 4) is 0 Å². The zero-order chi connectivity index (χ0) is 11.5. The number of rotatable bonds is 7. The highest BCUT2D eigenvalue weighted by molar-refractivity contribution is 4.99. The molecule has 0 spiro atoms. The maximum Gasteiger partial charge on any atom is 0.00979 e.